The quantitative estimate of drug-likeness (QED) is 0.595. The molecule has 2 heterocycles. The number of nitrogens with one attached hydrogen (secondary N) is 1. The summed E-state index contributed by atoms with van der Waals surface area (Å²) < 4.78 is 29.4. The Labute approximate surface area is 152 Å². The lowest BCUT2D eigenvalue weighted by atomic mass is 10.1. The molecule has 4 rings (SSSR count). The van der Waals surface area contributed by atoms with Crippen LogP contribution in [0.5, 0.6) is 11.5 Å². The van der Waals surface area contributed by atoms with Gasteiger partial charge in [-0.05, 0) is 30.3 Å². The Hall–Kier alpha value is -3.68. The van der Waals surface area contributed by atoms with Crippen LogP contribution in [0.2, 0.25) is 0 Å². The lowest BCUT2D eigenvalue weighted by Crippen LogP contribution is -2.06. The van der Waals surface area contributed by atoms with E-state index in [-0.39, 0.29) is 22.7 Å². The Balaban J connectivity index is 1.84. The molecule has 0 bridgehead atoms. The number of aromatic nitrogens is 3. The SMILES string of the molecule is COc1cccc(-c2noc(-c3c[nH]c4ccc(F)cc4c3=O)n2)c1OC. The van der Waals surface area contributed by atoms with Crippen LogP contribution in [-0.4, -0.2) is 29.3 Å². The first kappa shape index (κ1) is 16.8. The molecule has 0 spiro atoms. The molecule has 0 saturated heterocycles. The normalized spacial score (nSPS) is 10.9. The van der Waals surface area contributed by atoms with Gasteiger partial charge in [0.2, 0.25) is 11.3 Å². The number of aromatic amines is 1. The maximum Gasteiger partial charge on any atom is 0.263 e. The van der Waals surface area contributed by atoms with Gasteiger partial charge < -0.3 is 19.0 Å². The first-order valence-electron chi connectivity index (χ1n) is 7.98. The second-order valence-electron chi connectivity index (χ2n) is 5.69. The highest BCUT2D eigenvalue weighted by atomic mass is 19.1. The fourth-order valence-electron chi connectivity index (χ4n) is 2.86. The predicted molar refractivity (Wildman–Crippen MR) is 96.4 cm³/mol. The molecule has 0 aliphatic heterocycles. The van der Waals surface area contributed by atoms with Gasteiger partial charge in [0.15, 0.2) is 11.5 Å². The van der Waals surface area contributed by atoms with Crippen LogP contribution in [-0.2, 0) is 0 Å². The van der Waals surface area contributed by atoms with E-state index in [1.807, 2.05) is 0 Å². The Morgan fingerprint density at radius 2 is 1.96 bits per heavy atom. The third kappa shape index (κ3) is 2.80. The molecule has 0 fully saturated rings. The van der Waals surface area contributed by atoms with Crippen molar-refractivity contribution >= 4 is 10.9 Å². The molecule has 1 N–H and O–H groups in total. The smallest absolute Gasteiger partial charge is 0.263 e. The minimum Gasteiger partial charge on any atom is -0.493 e. The highest BCUT2D eigenvalue weighted by molar-refractivity contribution is 5.82. The lowest BCUT2D eigenvalue weighted by Gasteiger charge is -2.09. The highest BCUT2D eigenvalue weighted by Crippen LogP contribution is 2.36. The van der Waals surface area contributed by atoms with Crippen LogP contribution in [0.4, 0.5) is 4.39 Å². The first-order chi connectivity index (χ1) is 13.1. The number of hydrogen-bond donors (Lipinski definition) is 1. The second kappa shape index (κ2) is 6.56. The minimum atomic E-state index is -0.502. The zero-order valence-corrected chi connectivity index (χ0v) is 14.4. The van der Waals surface area contributed by atoms with Crippen molar-refractivity contribution in [2.24, 2.45) is 0 Å². The Morgan fingerprint density at radius 1 is 1.11 bits per heavy atom. The summed E-state index contributed by atoms with van der Waals surface area (Å²) in [5.74, 6) is 0.710. The number of benzene rings is 2. The van der Waals surface area contributed by atoms with Crippen molar-refractivity contribution in [3.8, 4) is 34.3 Å². The second-order valence-corrected chi connectivity index (χ2v) is 5.69. The number of pyridine rings is 1. The molecule has 8 heteroatoms. The number of nitrogens with zero attached hydrogens (tertiary/aromatic N) is 2. The molecule has 0 aliphatic carbocycles. The standard InChI is InChI=1S/C19H14FN3O4/c1-25-15-5-3-4-11(17(15)26-2)18-22-19(27-23-18)13-9-21-14-7-6-10(20)8-12(14)16(13)24/h3-9H,1-2H3,(H,21,24). The Kier molecular flexibility index (Phi) is 4.08. The van der Waals surface area contributed by atoms with Crippen LogP contribution in [0.3, 0.4) is 0 Å². The van der Waals surface area contributed by atoms with Gasteiger partial charge in [0, 0.05) is 17.1 Å². The van der Waals surface area contributed by atoms with E-state index in [2.05, 4.69) is 15.1 Å². The lowest BCUT2D eigenvalue weighted by molar-refractivity contribution is 0.355. The van der Waals surface area contributed by atoms with Crippen molar-refractivity contribution in [3.05, 3.63) is 58.6 Å². The number of H-pyrrole nitrogens is 1. The molecule has 4 aromatic rings. The molecule has 0 atom stereocenters. The maximum atomic E-state index is 13.5. The summed E-state index contributed by atoms with van der Waals surface area (Å²) in [7, 11) is 3.03. The van der Waals surface area contributed by atoms with E-state index in [4.69, 9.17) is 14.0 Å². The maximum absolute atomic E-state index is 13.5. The van der Waals surface area contributed by atoms with Crippen LogP contribution < -0.4 is 14.9 Å². The van der Waals surface area contributed by atoms with E-state index >= 15 is 0 Å². The van der Waals surface area contributed by atoms with Crippen molar-refractivity contribution < 1.29 is 18.4 Å². The summed E-state index contributed by atoms with van der Waals surface area (Å²) in [6, 6.07) is 9.19. The van der Waals surface area contributed by atoms with Crippen LogP contribution in [0.1, 0.15) is 0 Å². The fourth-order valence-corrected chi connectivity index (χ4v) is 2.86. The summed E-state index contributed by atoms with van der Waals surface area (Å²) in [4.78, 5) is 19.9. The molecule has 2 aromatic carbocycles. The first-order valence-corrected chi connectivity index (χ1v) is 7.98. The van der Waals surface area contributed by atoms with E-state index < -0.39 is 11.2 Å². The van der Waals surface area contributed by atoms with Gasteiger partial charge in [-0.3, -0.25) is 4.79 Å². The van der Waals surface area contributed by atoms with Crippen molar-refractivity contribution in [1.29, 1.82) is 0 Å². The number of fused-ring (bicyclic) bond motifs is 1. The minimum absolute atomic E-state index is 0.0160. The molecular weight excluding hydrogens is 353 g/mol. The van der Waals surface area contributed by atoms with E-state index in [9.17, 15) is 9.18 Å². The summed E-state index contributed by atoms with van der Waals surface area (Å²) in [6.07, 6.45) is 1.46. The van der Waals surface area contributed by atoms with Crippen LogP contribution in [0.25, 0.3) is 33.7 Å². The zero-order chi connectivity index (χ0) is 19.0. The number of rotatable bonds is 4. The van der Waals surface area contributed by atoms with Crippen LogP contribution >= 0.6 is 0 Å². The topological polar surface area (TPSA) is 90.2 Å². The molecule has 27 heavy (non-hydrogen) atoms. The number of hydrogen-bond acceptors (Lipinski definition) is 6. The molecule has 0 radical (unpaired) electrons. The number of methoxy groups -OCH3 is 2. The fraction of sp³-hybridized carbons (Fsp3) is 0.105. The summed E-state index contributed by atoms with van der Waals surface area (Å²) in [5, 5.41) is 4.14. The third-order valence-corrected chi connectivity index (χ3v) is 4.14. The van der Waals surface area contributed by atoms with Gasteiger partial charge in [0.25, 0.3) is 5.89 Å². The van der Waals surface area contributed by atoms with Crippen LogP contribution in [0, 0.1) is 5.82 Å². The van der Waals surface area contributed by atoms with Gasteiger partial charge in [-0.2, -0.15) is 4.98 Å². The van der Waals surface area contributed by atoms with Crippen molar-refractivity contribution in [2.75, 3.05) is 14.2 Å². The number of para-hydroxylation sites is 1. The van der Waals surface area contributed by atoms with Crippen LogP contribution in [0.15, 0.2) is 51.9 Å². The van der Waals surface area contributed by atoms with E-state index in [0.29, 0.717) is 22.6 Å². The summed E-state index contributed by atoms with van der Waals surface area (Å²) >= 11 is 0. The van der Waals surface area contributed by atoms with Gasteiger partial charge in [-0.1, -0.05) is 11.2 Å². The average Bonchev–Trinajstić information content (AvgIpc) is 3.17. The third-order valence-electron chi connectivity index (χ3n) is 4.14. The molecule has 0 amide bonds. The largest absolute Gasteiger partial charge is 0.493 e. The Morgan fingerprint density at radius 3 is 2.74 bits per heavy atom. The molecule has 0 aliphatic rings. The predicted octanol–water partition coefficient (Wildman–Crippen LogP) is 3.40. The molecule has 7 nitrogen and oxygen atoms in total. The van der Waals surface area contributed by atoms with Crippen molar-refractivity contribution in [1.82, 2.24) is 15.1 Å². The summed E-state index contributed by atoms with van der Waals surface area (Å²) in [6.45, 7) is 0. The molecule has 0 saturated carbocycles. The van der Waals surface area contributed by atoms with Gasteiger partial charge >= 0.3 is 0 Å². The van der Waals surface area contributed by atoms with Crippen molar-refractivity contribution in [3.63, 3.8) is 0 Å². The van der Waals surface area contributed by atoms with Gasteiger partial charge in [-0.25, -0.2) is 4.39 Å². The highest BCUT2D eigenvalue weighted by Gasteiger charge is 2.19. The van der Waals surface area contributed by atoms with Gasteiger partial charge in [0.1, 0.15) is 11.4 Å². The molecular formula is C19H14FN3O4. The molecule has 2 aromatic heterocycles. The number of halogens is 1. The Bertz CT molecular complexity index is 1200. The van der Waals surface area contributed by atoms with E-state index in [0.717, 1.165) is 0 Å². The molecule has 136 valence electrons. The summed E-state index contributed by atoms with van der Waals surface area (Å²) in [5.41, 5.74) is 0.805. The van der Waals surface area contributed by atoms with Gasteiger partial charge in [0.05, 0.1) is 19.8 Å². The zero-order valence-electron chi connectivity index (χ0n) is 14.4. The average molecular weight is 367 g/mol. The van der Waals surface area contributed by atoms with E-state index in [1.54, 1.807) is 18.2 Å². The molecule has 0 unspecified atom stereocenters. The monoisotopic (exact) mass is 367 g/mol. The number of ether oxygens (including phenoxy) is 2. The van der Waals surface area contributed by atoms with Crippen molar-refractivity contribution in [2.45, 2.75) is 0 Å². The van der Waals surface area contributed by atoms with E-state index in [1.165, 1.54) is 38.6 Å². The van der Waals surface area contributed by atoms with Gasteiger partial charge in [-0.15, -0.1) is 0 Å².